The zero-order valence-electron chi connectivity index (χ0n) is 11.6. The van der Waals surface area contributed by atoms with Gasteiger partial charge >= 0.3 is 0 Å². The second-order valence-electron chi connectivity index (χ2n) is 4.74. The third-order valence-corrected chi connectivity index (χ3v) is 2.77. The third kappa shape index (κ3) is 3.51. The number of aryl methyl sites for hydroxylation is 1. The van der Waals surface area contributed by atoms with E-state index in [0.29, 0.717) is 0 Å². The van der Waals surface area contributed by atoms with Gasteiger partial charge in [-0.2, -0.15) is 0 Å². The van der Waals surface area contributed by atoms with Gasteiger partial charge in [-0.05, 0) is 32.0 Å². The SMILES string of the molecule is COc1cccc(-c2nc(C)cc(CC(C)N)n2)c1. The number of benzene rings is 1. The monoisotopic (exact) mass is 257 g/mol. The van der Waals surface area contributed by atoms with Gasteiger partial charge in [-0.1, -0.05) is 12.1 Å². The number of nitrogens with two attached hydrogens (primary N) is 1. The van der Waals surface area contributed by atoms with Gasteiger partial charge in [0.25, 0.3) is 0 Å². The summed E-state index contributed by atoms with van der Waals surface area (Å²) in [5, 5.41) is 0. The van der Waals surface area contributed by atoms with Crippen LogP contribution in [0.5, 0.6) is 5.75 Å². The Hall–Kier alpha value is -1.94. The lowest BCUT2D eigenvalue weighted by Gasteiger charge is -2.09. The molecule has 100 valence electrons. The van der Waals surface area contributed by atoms with Gasteiger partial charge < -0.3 is 10.5 Å². The van der Waals surface area contributed by atoms with Crippen molar-refractivity contribution in [3.8, 4) is 17.1 Å². The highest BCUT2D eigenvalue weighted by molar-refractivity contribution is 5.57. The maximum absolute atomic E-state index is 5.83. The van der Waals surface area contributed by atoms with Gasteiger partial charge in [-0.15, -0.1) is 0 Å². The highest BCUT2D eigenvalue weighted by Crippen LogP contribution is 2.21. The van der Waals surface area contributed by atoms with E-state index in [1.807, 2.05) is 44.2 Å². The Bertz CT molecular complexity index is 567. The number of nitrogens with zero attached hydrogens (tertiary/aromatic N) is 2. The van der Waals surface area contributed by atoms with Crippen LogP contribution in [-0.2, 0) is 6.42 Å². The molecule has 0 saturated heterocycles. The first-order chi connectivity index (χ1) is 9.08. The van der Waals surface area contributed by atoms with E-state index in [0.717, 1.165) is 34.9 Å². The normalized spacial score (nSPS) is 12.2. The quantitative estimate of drug-likeness (QED) is 0.913. The number of ether oxygens (including phenoxy) is 1. The van der Waals surface area contributed by atoms with E-state index >= 15 is 0 Å². The fourth-order valence-corrected chi connectivity index (χ4v) is 1.96. The molecule has 0 amide bonds. The fraction of sp³-hybridized carbons (Fsp3) is 0.333. The van der Waals surface area contributed by atoms with Crippen molar-refractivity contribution >= 4 is 0 Å². The Balaban J connectivity index is 2.40. The van der Waals surface area contributed by atoms with Crippen LogP contribution in [0.3, 0.4) is 0 Å². The summed E-state index contributed by atoms with van der Waals surface area (Å²) in [7, 11) is 1.65. The zero-order chi connectivity index (χ0) is 13.8. The van der Waals surface area contributed by atoms with Crippen molar-refractivity contribution in [3.63, 3.8) is 0 Å². The van der Waals surface area contributed by atoms with Crippen LogP contribution < -0.4 is 10.5 Å². The molecule has 4 heteroatoms. The van der Waals surface area contributed by atoms with E-state index in [2.05, 4.69) is 9.97 Å². The largest absolute Gasteiger partial charge is 0.497 e. The molecule has 4 nitrogen and oxygen atoms in total. The van der Waals surface area contributed by atoms with Gasteiger partial charge in [0.1, 0.15) is 5.75 Å². The smallest absolute Gasteiger partial charge is 0.159 e. The van der Waals surface area contributed by atoms with E-state index in [1.54, 1.807) is 7.11 Å². The summed E-state index contributed by atoms with van der Waals surface area (Å²) in [4.78, 5) is 9.05. The number of hydrogen-bond donors (Lipinski definition) is 1. The predicted molar refractivity (Wildman–Crippen MR) is 76.1 cm³/mol. The minimum absolute atomic E-state index is 0.0902. The fourth-order valence-electron chi connectivity index (χ4n) is 1.96. The molecule has 2 aromatic rings. The van der Waals surface area contributed by atoms with Crippen molar-refractivity contribution in [1.29, 1.82) is 0 Å². The molecular formula is C15H19N3O. The predicted octanol–water partition coefficient (Wildman–Crippen LogP) is 2.35. The highest BCUT2D eigenvalue weighted by Gasteiger charge is 2.07. The maximum Gasteiger partial charge on any atom is 0.159 e. The van der Waals surface area contributed by atoms with E-state index in [9.17, 15) is 0 Å². The molecule has 0 fully saturated rings. The molecule has 1 atom stereocenters. The number of rotatable bonds is 4. The topological polar surface area (TPSA) is 61.0 Å². The van der Waals surface area contributed by atoms with Gasteiger partial charge in [-0.3, -0.25) is 0 Å². The lowest BCUT2D eigenvalue weighted by Crippen LogP contribution is -2.19. The van der Waals surface area contributed by atoms with Crippen molar-refractivity contribution in [3.05, 3.63) is 41.7 Å². The Morgan fingerprint density at radius 3 is 2.74 bits per heavy atom. The van der Waals surface area contributed by atoms with Gasteiger partial charge in [0, 0.05) is 29.4 Å². The van der Waals surface area contributed by atoms with Crippen molar-refractivity contribution in [2.75, 3.05) is 7.11 Å². The number of methoxy groups -OCH3 is 1. The average Bonchev–Trinajstić information content (AvgIpc) is 2.37. The molecule has 19 heavy (non-hydrogen) atoms. The van der Waals surface area contributed by atoms with Gasteiger partial charge in [0.05, 0.1) is 7.11 Å². The van der Waals surface area contributed by atoms with Crippen LogP contribution in [-0.4, -0.2) is 23.1 Å². The summed E-state index contributed by atoms with van der Waals surface area (Å²) in [5.41, 5.74) is 8.70. The van der Waals surface area contributed by atoms with E-state index < -0.39 is 0 Å². The van der Waals surface area contributed by atoms with Crippen LogP contribution in [0, 0.1) is 6.92 Å². The Morgan fingerprint density at radius 2 is 2.05 bits per heavy atom. The first-order valence-corrected chi connectivity index (χ1v) is 6.33. The van der Waals surface area contributed by atoms with E-state index in [1.165, 1.54) is 0 Å². The molecule has 1 unspecified atom stereocenters. The Kier molecular flexibility index (Phi) is 4.12. The molecule has 0 aliphatic carbocycles. The van der Waals surface area contributed by atoms with Gasteiger partial charge in [0.15, 0.2) is 5.82 Å². The average molecular weight is 257 g/mol. The van der Waals surface area contributed by atoms with Crippen molar-refractivity contribution in [2.45, 2.75) is 26.3 Å². The van der Waals surface area contributed by atoms with Crippen molar-refractivity contribution < 1.29 is 4.74 Å². The van der Waals surface area contributed by atoms with Crippen LogP contribution in [0.15, 0.2) is 30.3 Å². The standard InChI is InChI=1S/C15H19N3O/c1-10(16)7-13-8-11(2)17-15(18-13)12-5-4-6-14(9-12)19-3/h4-6,8-10H,7,16H2,1-3H3. The number of hydrogen-bond acceptors (Lipinski definition) is 4. The summed E-state index contributed by atoms with van der Waals surface area (Å²) >= 11 is 0. The molecule has 2 rings (SSSR count). The molecule has 0 aliphatic rings. The molecular weight excluding hydrogens is 238 g/mol. The van der Waals surface area contributed by atoms with Crippen LogP contribution >= 0.6 is 0 Å². The number of aromatic nitrogens is 2. The van der Waals surface area contributed by atoms with E-state index in [-0.39, 0.29) is 6.04 Å². The first kappa shape index (κ1) is 13.5. The Morgan fingerprint density at radius 1 is 1.26 bits per heavy atom. The summed E-state index contributed by atoms with van der Waals surface area (Å²) in [6.45, 7) is 3.94. The molecule has 0 aliphatic heterocycles. The molecule has 1 aromatic carbocycles. The van der Waals surface area contributed by atoms with Crippen LogP contribution in [0.2, 0.25) is 0 Å². The molecule has 1 aromatic heterocycles. The minimum Gasteiger partial charge on any atom is -0.497 e. The summed E-state index contributed by atoms with van der Waals surface area (Å²) in [6, 6.07) is 9.82. The third-order valence-electron chi connectivity index (χ3n) is 2.77. The Labute approximate surface area is 113 Å². The second kappa shape index (κ2) is 5.80. The molecule has 0 bridgehead atoms. The maximum atomic E-state index is 5.83. The second-order valence-corrected chi connectivity index (χ2v) is 4.74. The summed E-state index contributed by atoms with van der Waals surface area (Å²) in [6.07, 6.45) is 0.750. The van der Waals surface area contributed by atoms with Crippen LogP contribution in [0.4, 0.5) is 0 Å². The minimum atomic E-state index is 0.0902. The van der Waals surface area contributed by atoms with Crippen LogP contribution in [0.25, 0.3) is 11.4 Å². The molecule has 0 radical (unpaired) electrons. The molecule has 1 heterocycles. The van der Waals surface area contributed by atoms with Crippen molar-refractivity contribution in [1.82, 2.24) is 9.97 Å². The highest BCUT2D eigenvalue weighted by atomic mass is 16.5. The van der Waals surface area contributed by atoms with Crippen molar-refractivity contribution in [2.24, 2.45) is 5.73 Å². The molecule has 0 spiro atoms. The molecule has 0 saturated carbocycles. The van der Waals surface area contributed by atoms with Gasteiger partial charge in [0.2, 0.25) is 0 Å². The summed E-state index contributed by atoms with van der Waals surface area (Å²) < 4.78 is 5.23. The van der Waals surface area contributed by atoms with Gasteiger partial charge in [-0.25, -0.2) is 9.97 Å². The van der Waals surface area contributed by atoms with E-state index in [4.69, 9.17) is 10.5 Å². The lowest BCUT2D eigenvalue weighted by atomic mass is 10.1. The first-order valence-electron chi connectivity index (χ1n) is 6.33. The van der Waals surface area contributed by atoms with Crippen LogP contribution in [0.1, 0.15) is 18.3 Å². The molecule has 2 N–H and O–H groups in total. The summed E-state index contributed by atoms with van der Waals surface area (Å²) in [5.74, 6) is 1.52. The zero-order valence-corrected chi connectivity index (χ0v) is 11.6. The lowest BCUT2D eigenvalue weighted by molar-refractivity contribution is 0.415.